The Morgan fingerprint density at radius 3 is 0.632 bits per heavy atom. The van der Waals surface area contributed by atoms with Crippen LogP contribution in [0, 0.1) is 0 Å². The summed E-state index contributed by atoms with van der Waals surface area (Å²) in [5, 5.41) is 0. The SMILES string of the molecule is C1=CCCC=CCC1.C1=CCCC=CCC1.[Cl][Rh][Cl]. The summed E-state index contributed by atoms with van der Waals surface area (Å²) in [6, 6.07) is 0. The molecular formula is C16H24Cl2Rh. The van der Waals surface area contributed by atoms with Gasteiger partial charge < -0.3 is 0 Å². The van der Waals surface area contributed by atoms with Gasteiger partial charge in [0.2, 0.25) is 0 Å². The van der Waals surface area contributed by atoms with E-state index in [4.69, 9.17) is 19.4 Å². The second-order valence-corrected chi connectivity index (χ2v) is 6.73. The van der Waals surface area contributed by atoms with Gasteiger partial charge in [0.05, 0.1) is 0 Å². The molecule has 19 heavy (non-hydrogen) atoms. The minimum atomic E-state index is -0.226. The predicted octanol–water partition coefficient (Wildman–Crippen LogP) is 6.72. The summed E-state index contributed by atoms with van der Waals surface area (Å²) in [5.74, 6) is 0. The van der Waals surface area contributed by atoms with E-state index in [1.165, 1.54) is 51.4 Å². The van der Waals surface area contributed by atoms with Gasteiger partial charge in [-0.1, -0.05) is 48.6 Å². The molecule has 2 aliphatic carbocycles. The van der Waals surface area contributed by atoms with Gasteiger partial charge in [-0.25, -0.2) is 0 Å². The fourth-order valence-corrected chi connectivity index (χ4v) is 1.71. The molecule has 0 radical (unpaired) electrons. The van der Waals surface area contributed by atoms with Crippen LogP contribution in [0.4, 0.5) is 0 Å². The zero-order valence-corrected chi connectivity index (χ0v) is 14.5. The van der Waals surface area contributed by atoms with Crippen LogP contribution in [0.5, 0.6) is 0 Å². The van der Waals surface area contributed by atoms with Gasteiger partial charge >= 0.3 is 34.5 Å². The van der Waals surface area contributed by atoms with E-state index in [1.807, 2.05) is 0 Å². The molecule has 111 valence electrons. The molecule has 0 fully saturated rings. The van der Waals surface area contributed by atoms with Crippen molar-refractivity contribution in [2.75, 3.05) is 0 Å². The average molecular weight is 390 g/mol. The molecule has 0 saturated carbocycles. The third kappa shape index (κ3) is 18.2. The van der Waals surface area contributed by atoms with Gasteiger partial charge in [-0.2, -0.15) is 0 Å². The van der Waals surface area contributed by atoms with Crippen LogP contribution in [0.1, 0.15) is 51.4 Å². The molecule has 0 aromatic carbocycles. The van der Waals surface area contributed by atoms with E-state index in [9.17, 15) is 0 Å². The van der Waals surface area contributed by atoms with Crippen LogP contribution in [0.3, 0.4) is 0 Å². The van der Waals surface area contributed by atoms with E-state index < -0.39 is 0 Å². The first-order chi connectivity index (χ1) is 9.41. The molecule has 0 aromatic rings. The molecule has 0 atom stereocenters. The maximum atomic E-state index is 4.83. The van der Waals surface area contributed by atoms with Gasteiger partial charge in [-0.3, -0.25) is 0 Å². The fourth-order valence-electron chi connectivity index (χ4n) is 1.71. The van der Waals surface area contributed by atoms with E-state index in [2.05, 4.69) is 48.6 Å². The summed E-state index contributed by atoms with van der Waals surface area (Å²) in [4.78, 5) is 0. The predicted molar refractivity (Wildman–Crippen MR) is 85.2 cm³/mol. The Hall–Kier alpha value is 0.163. The van der Waals surface area contributed by atoms with E-state index in [-0.39, 0.29) is 15.1 Å². The molecule has 0 nitrogen and oxygen atoms in total. The molecule has 0 heterocycles. The molecule has 0 amide bonds. The van der Waals surface area contributed by atoms with Gasteiger partial charge in [0.25, 0.3) is 0 Å². The Morgan fingerprint density at radius 1 is 0.421 bits per heavy atom. The van der Waals surface area contributed by atoms with Gasteiger partial charge in [0.1, 0.15) is 0 Å². The fraction of sp³-hybridized carbons (Fsp3) is 0.500. The quantitative estimate of drug-likeness (QED) is 0.318. The van der Waals surface area contributed by atoms with E-state index >= 15 is 0 Å². The van der Waals surface area contributed by atoms with E-state index in [1.54, 1.807) is 0 Å². The molecule has 0 saturated heterocycles. The zero-order chi connectivity index (χ0) is 14.0. The van der Waals surface area contributed by atoms with Crippen LogP contribution >= 0.6 is 19.4 Å². The summed E-state index contributed by atoms with van der Waals surface area (Å²) in [6.45, 7) is 0. The van der Waals surface area contributed by atoms with Crippen LogP contribution < -0.4 is 0 Å². The third-order valence-corrected chi connectivity index (χ3v) is 2.67. The van der Waals surface area contributed by atoms with Crippen molar-refractivity contribution < 1.29 is 15.1 Å². The second-order valence-electron chi connectivity index (χ2n) is 4.24. The van der Waals surface area contributed by atoms with Crippen LogP contribution in [0.2, 0.25) is 0 Å². The Balaban J connectivity index is 0.000000284. The zero-order valence-electron chi connectivity index (χ0n) is 11.4. The summed E-state index contributed by atoms with van der Waals surface area (Å²) in [7, 11) is 9.67. The van der Waals surface area contributed by atoms with Gasteiger partial charge in [0.15, 0.2) is 0 Å². The number of hydrogen-bond acceptors (Lipinski definition) is 0. The summed E-state index contributed by atoms with van der Waals surface area (Å²) in [5.41, 5.74) is 0. The maximum absolute atomic E-state index is 4.83. The average Bonchev–Trinajstić information content (AvgIpc) is 2.28. The number of rotatable bonds is 0. The first-order valence-corrected chi connectivity index (χ1v) is 11.1. The Bertz CT molecular complexity index is 200. The topological polar surface area (TPSA) is 0 Å². The third-order valence-electron chi connectivity index (χ3n) is 2.67. The van der Waals surface area contributed by atoms with Gasteiger partial charge in [-0.15, -0.1) is 0 Å². The first-order valence-electron chi connectivity index (χ1n) is 6.85. The molecule has 0 spiro atoms. The Morgan fingerprint density at radius 2 is 0.526 bits per heavy atom. The second kappa shape index (κ2) is 18.2. The molecule has 0 bridgehead atoms. The molecule has 0 aromatic heterocycles. The summed E-state index contributed by atoms with van der Waals surface area (Å²) < 4.78 is 0. The van der Waals surface area contributed by atoms with Crippen molar-refractivity contribution in [3.05, 3.63) is 48.6 Å². The molecule has 3 heteroatoms. The Kier molecular flexibility index (Phi) is 18.3. The van der Waals surface area contributed by atoms with Crippen LogP contribution in [-0.2, 0) is 15.1 Å². The van der Waals surface area contributed by atoms with Crippen molar-refractivity contribution in [2.24, 2.45) is 0 Å². The van der Waals surface area contributed by atoms with Crippen molar-refractivity contribution >= 4 is 19.4 Å². The van der Waals surface area contributed by atoms with Crippen molar-refractivity contribution in [1.29, 1.82) is 0 Å². The standard InChI is InChI=1S/2C8H12.2ClH.Rh/c2*1-2-4-6-8-7-5-3-1;;;/h2*1-2,7-8H,3-6H2;2*1H;/q;;;;+2/p-2. The van der Waals surface area contributed by atoms with E-state index in [0.717, 1.165) is 0 Å². The molecule has 0 N–H and O–H groups in total. The molecule has 2 aliphatic rings. The summed E-state index contributed by atoms with van der Waals surface area (Å²) in [6.07, 6.45) is 28.0. The van der Waals surface area contributed by atoms with Crippen LogP contribution in [-0.4, -0.2) is 0 Å². The van der Waals surface area contributed by atoms with Gasteiger partial charge in [0, 0.05) is 0 Å². The van der Waals surface area contributed by atoms with E-state index in [0.29, 0.717) is 0 Å². The Labute approximate surface area is 134 Å². The van der Waals surface area contributed by atoms with Gasteiger partial charge in [-0.05, 0) is 51.4 Å². The van der Waals surface area contributed by atoms with Crippen molar-refractivity contribution in [3.63, 3.8) is 0 Å². The van der Waals surface area contributed by atoms with Crippen molar-refractivity contribution in [2.45, 2.75) is 51.4 Å². The number of hydrogen-bond donors (Lipinski definition) is 0. The normalized spacial score (nSPS) is 18.0. The van der Waals surface area contributed by atoms with Crippen LogP contribution in [0.15, 0.2) is 48.6 Å². The number of allylic oxidation sites excluding steroid dienone is 8. The molecule has 2 rings (SSSR count). The number of halogens is 2. The van der Waals surface area contributed by atoms with Crippen LogP contribution in [0.25, 0.3) is 0 Å². The van der Waals surface area contributed by atoms with Crippen molar-refractivity contribution in [1.82, 2.24) is 0 Å². The molecular weight excluding hydrogens is 366 g/mol. The first kappa shape index (κ1) is 19.2. The molecule has 0 unspecified atom stereocenters. The van der Waals surface area contributed by atoms with Crippen molar-refractivity contribution in [3.8, 4) is 0 Å². The summed E-state index contributed by atoms with van der Waals surface area (Å²) >= 11 is -0.226. The monoisotopic (exact) mass is 389 g/mol. The molecule has 0 aliphatic heterocycles. The minimum absolute atomic E-state index is 0.226.